The maximum absolute atomic E-state index is 12.2. The standard InChI is InChI=1S/C17H19NO/c1-13(15-9-5-3-6-10-15)17(19)18-14(2)16-11-7-4-8-12-16/h3-14H,1-2H3,(H,18,19). The molecule has 0 heterocycles. The Kier molecular flexibility index (Phi) is 4.35. The smallest absolute Gasteiger partial charge is 0.227 e. The van der Waals surface area contributed by atoms with E-state index in [1.54, 1.807) is 0 Å². The number of hydrogen-bond acceptors (Lipinski definition) is 1. The van der Waals surface area contributed by atoms with Crippen molar-refractivity contribution in [2.24, 2.45) is 0 Å². The van der Waals surface area contributed by atoms with Gasteiger partial charge in [0.25, 0.3) is 0 Å². The Morgan fingerprint density at radius 3 is 1.84 bits per heavy atom. The first-order valence-electron chi connectivity index (χ1n) is 6.58. The molecule has 2 nitrogen and oxygen atoms in total. The van der Waals surface area contributed by atoms with Gasteiger partial charge >= 0.3 is 0 Å². The van der Waals surface area contributed by atoms with Crippen LogP contribution in [0.15, 0.2) is 60.7 Å². The van der Waals surface area contributed by atoms with Crippen molar-refractivity contribution in [3.05, 3.63) is 71.8 Å². The highest BCUT2D eigenvalue weighted by atomic mass is 16.1. The maximum atomic E-state index is 12.2. The average Bonchev–Trinajstić information content (AvgIpc) is 2.48. The van der Waals surface area contributed by atoms with E-state index >= 15 is 0 Å². The van der Waals surface area contributed by atoms with E-state index in [4.69, 9.17) is 0 Å². The zero-order valence-electron chi connectivity index (χ0n) is 11.3. The minimum absolute atomic E-state index is 0.0277. The van der Waals surface area contributed by atoms with Gasteiger partial charge in [-0.05, 0) is 25.0 Å². The Morgan fingerprint density at radius 1 is 0.842 bits per heavy atom. The molecule has 2 unspecified atom stereocenters. The van der Waals surface area contributed by atoms with Crippen LogP contribution in [0.4, 0.5) is 0 Å². The third kappa shape index (κ3) is 3.44. The van der Waals surface area contributed by atoms with Crippen molar-refractivity contribution in [3.8, 4) is 0 Å². The second-order valence-electron chi connectivity index (χ2n) is 4.77. The molecular weight excluding hydrogens is 234 g/mol. The number of carbonyl (C=O) groups excluding carboxylic acids is 1. The fraction of sp³-hybridized carbons (Fsp3) is 0.235. The topological polar surface area (TPSA) is 29.1 Å². The number of benzene rings is 2. The molecule has 0 radical (unpaired) electrons. The van der Waals surface area contributed by atoms with Gasteiger partial charge in [0.15, 0.2) is 0 Å². The van der Waals surface area contributed by atoms with Gasteiger partial charge in [-0.25, -0.2) is 0 Å². The minimum atomic E-state index is -0.132. The summed E-state index contributed by atoms with van der Waals surface area (Å²) < 4.78 is 0. The number of carbonyl (C=O) groups is 1. The molecule has 0 saturated heterocycles. The molecule has 2 rings (SSSR count). The number of rotatable bonds is 4. The van der Waals surface area contributed by atoms with Crippen LogP contribution in [0.2, 0.25) is 0 Å². The normalized spacial score (nSPS) is 13.6. The Balaban J connectivity index is 2.02. The van der Waals surface area contributed by atoms with Gasteiger partial charge in [-0.3, -0.25) is 4.79 Å². The molecule has 0 fully saturated rings. The molecule has 0 saturated carbocycles. The SMILES string of the molecule is CC(NC(=O)C(C)c1ccccc1)c1ccccc1. The van der Waals surface area contributed by atoms with Gasteiger partial charge in [0.05, 0.1) is 12.0 Å². The molecule has 0 bridgehead atoms. The number of nitrogens with one attached hydrogen (secondary N) is 1. The van der Waals surface area contributed by atoms with Gasteiger partial charge in [0, 0.05) is 0 Å². The molecule has 2 atom stereocenters. The van der Waals surface area contributed by atoms with E-state index in [0.29, 0.717) is 0 Å². The zero-order valence-corrected chi connectivity index (χ0v) is 11.3. The molecule has 0 aliphatic rings. The highest BCUT2D eigenvalue weighted by molar-refractivity contribution is 5.83. The zero-order chi connectivity index (χ0) is 13.7. The first-order chi connectivity index (χ1) is 9.18. The van der Waals surface area contributed by atoms with E-state index < -0.39 is 0 Å². The van der Waals surface area contributed by atoms with Crippen LogP contribution in [0, 0.1) is 0 Å². The molecule has 0 aliphatic heterocycles. The van der Waals surface area contributed by atoms with Gasteiger partial charge < -0.3 is 5.32 Å². The molecule has 0 aliphatic carbocycles. The summed E-state index contributed by atoms with van der Waals surface area (Å²) in [7, 11) is 0. The van der Waals surface area contributed by atoms with Crippen LogP contribution in [0.1, 0.15) is 36.9 Å². The summed E-state index contributed by atoms with van der Waals surface area (Å²) in [5.74, 6) is -0.0742. The Hall–Kier alpha value is -2.09. The summed E-state index contributed by atoms with van der Waals surface area (Å²) >= 11 is 0. The van der Waals surface area contributed by atoms with E-state index in [0.717, 1.165) is 11.1 Å². The predicted octanol–water partition coefficient (Wildman–Crippen LogP) is 3.67. The van der Waals surface area contributed by atoms with Crippen LogP contribution in [0.25, 0.3) is 0 Å². The third-order valence-electron chi connectivity index (χ3n) is 3.35. The molecule has 2 aromatic rings. The molecule has 0 aromatic heterocycles. The van der Waals surface area contributed by atoms with Crippen LogP contribution in [0.5, 0.6) is 0 Å². The van der Waals surface area contributed by atoms with Crippen molar-refractivity contribution in [1.29, 1.82) is 0 Å². The Labute approximate surface area is 114 Å². The Bertz CT molecular complexity index is 521. The maximum Gasteiger partial charge on any atom is 0.227 e. The summed E-state index contributed by atoms with van der Waals surface area (Å²) in [4.78, 5) is 12.2. The fourth-order valence-corrected chi connectivity index (χ4v) is 2.06. The van der Waals surface area contributed by atoms with Gasteiger partial charge in [0.1, 0.15) is 0 Å². The minimum Gasteiger partial charge on any atom is -0.349 e. The molecule has 2 heteroatoms. The summed E-state index contributed by atoms with van der Waals surface area (Å²) in [5, 5.41) is 3.06. The largest absolute Gasteiger partial charge is 0.349 e. The van der Waals surface area contributed by atoms with Crippen molar-refractivity contribution in [1.82, 2.24) is 5.32 Å². The van der Waals surface area contributed by atoms with Crippen molar-refractivity contribution < 1.29 is 4.79 Å². The Morgan fingerprint density at radius 2 is 1.32 bits per heavy atom. The average molecular weight is 253 g/mol. The van der Waals surface area contributed by atoms with Gasteiger partial charge in [-0.15, -0.1) is 0 Å². The lowest BCUT2D eigenvalue weighted by atomic mass is 9.99. The third-order valence-corrected chi connectivity index (χ3v) is 3.35. The lowest BCUT2D eigenvalue weighted by Gasteiger charge is -2.18. The molecule has 98 valence electrons. The molecule has 1 amide bonds. The van der Waals surface area contributed by atoms with Crippen molar-refractivity contribution in [2.75, 3.05) is 0 Å². The van der Waals surface area contributed by atoms with Gasteiger partial charge in [0.2, 0.25) is 5.91 Å². The number of hydrogen-bond donors (Lipinski definition) is 1. The lowest BCUT2D eigenvalue weighted by molar-refractivity contribution is -0.122. The molecule has 19 heavy (non-hydrogen) atoms. The van der Waals surface area contributed by atoms with Crippen molar-refractivity contribution >= 4 is 5.91 Å². The van der Waals surface area contributed by atoms with Gasteiger partial charge in [-0.2, -0.15) is 0 Å². The quantitative estimate of drug-likeness (QED) is 0.885. The second-order valence-corrected chi connectivity index (χ2v) is 4.77. The first-order valence-corrected chi connectivity index (χ1v) is 6.58. The van der Waals surface area contributed by atoms with E-state index in [2.05, 4.69) is 5.32 Å². The van der Waals surface area contributed by atoms with E-state index in [9.17, 15) is 4.79 Å². The highest BCUT2D eigenvalue weighted by Gasteiger charge is 2.17. The fourth-order valence-electron chi connectivity index (χ4n) is 2.06. The summed E-state index contributed by atoms with van der Waals surface area (Å²) in [5.41, 5.74) is 2.16. The molecule has 2 aromatic carbocycles. The lowest BCUT2D eigenvalue weighted by Crippen LogP contribution is -2.30. The predicted molar refractivity (Wildman–Crippen MR) is 77.9 cm³/mol. The first kappa shape index (κ1) is 13.3. The number of amides is 1. The highest BCUT2D eigenvalue weighted by Crippen LogP contribution is 2.17. The summed E-state index contributed by atoms with van der Waals surface area (Å²) in [6.07, 6.45) is 0. The van der Waals surface area contributed by atoms with Crippen molar-refractivity contribution in [2.45, 2.75) is 25.8 Å². The van der Waals surface area contributed by atoms with E-state index in [1.807, 2.05) is 74.5 Å². The molecular formula is C17H19NO. The van der Waals surface area contributed by atoms with Crippen LogP contribution >= 0.6 is 0 Å². The summed E-state index contributed by atoms with van der Waals surface area (Å²) in [6, 6.07) is 19.9. The van der Waals surface area contributed by atoms with Crippen LogP contribution in [-0.4, -0.2) is 5.91 Å². The van der Waals surface area contributed by atoms with Gasteiger partial charge in [-0.1, -0.05) is 60.7 Å². The van der Waals surface area contributed by atoms with E-state index in [-0.39, 0.29) is 17.9 Å². The molecule has 0 spiro atoms. The monoisotopic (exact) mass is 253 g/mol. The van der Waals surface area contributed by atoms with Crippen LogP contribution in [-0.2, 0) is 4.79 Å². The second kappa shape index (κ2) is 6.19. The van der Waals surface area contributed by atoms with Crippen LogP contribution < -0.4 is 5.32 Å². The molecule has 1 N–H and O–H groups in total. The van der Waals surface area contributed by atoms with E-state index in [1.165, 1.54) is 0 Å². The van der Waals surface area contributed by atoms with Crippen LogP contribution in [0.3, 0.4) is 0 Å². The summed E-state index contributed by atoms with van der Waals surface area (Å²) in [6.45, 7) is 3.94. The van der Waals surface area contributed by atoms with Crippen molar-refractivity contribution in [3.63, 3.8) is 0 Å².